The fourth-order valence-electron chi connectivity index (χ4n) is 3.91. The van der Waals surface area contributed by atoms with Gasteiger partial charge in [0, 0.05) is 50.1 Å². The Morgan fingerprint density at radius 1 is 1.19 bits per heavy atom. The number of rotatable bonds is 6. The number of ether oxygens (including phenoxy) is 1. The van der Waals surface area contributed by atoms with E-state index in [0.717, 1.165) is 11.3 Å². The summed E-state index contributed by atoms with van der Waals surface area (Å²) >= 11 is 5.62. The van der Waals surface area contributed by atoms with Gasteiger partial charge in [-0.1, -0.05) is 0 Å². The molecule has 2 aromatic rings. The predicted molar refractivity (Wildman–Crippen MR) is 115 cm³/mol. The maximum absolute atomic E-state index is 12.3. The normalized spacial score (nSPS) is 16.9. The number of aromatic nitrogens is 2. The number of halogens is 1. The number of fused-ring (bicyclic) bond motifs is 1. The van der Waals surface area contributed by atoms with Gasteiger partial charge in [-0.3, -0.25) is 0 Å². The van der Waals surface area contributed by atoms with Crippen molar-refractivity contribution in [3.05, 3.63) is 36.2 Å². The quantitative estimate of drug-likeness (QED) is 0.646. The highest BCUT2D eigenvalue weighted by atomic mass is 35.5. The number of anilines is 2. The van der Waals surface area contributed by atoms with Gasteiger partial charge in [-0.2, -0.15) is 0 Å². The summed E-state index contributed by atoms with van der Waals surface area (Å²) in [5, 5.41) is 9.06. The molecule has 0 bridgehead atoms. The fraction of sp³-hybridized carbons (Fsp3) is 0.450. The molecule has 31 heavy (non-hydrogen) atoms. The molecule has 2 aliphatic heterocycles. The Bertz CT molecular complexity index is 1070. The second-order valence-corrected chi connectivity index (χ2v) is 9.99. The van der Waals surface area contributed by atoms with E-state index in [2.05, 4.69) is 9.97 Å². The number of nitrogens with zero attached hydrogens (tertiary/aromatic N) is 4. The molecule has 4 rings (SSSR count). The molecule has 2 aliphatic rings. The fourth-order valence-corrected chi connectivity index (χ4v) is 5.55. The van der Waals surface area contributed by atoms with Crippen LogP contribution in [0.5, 0.6) is 5.88 Å². The molecule has 0 radical (unpaired) electrons. The molecule has 9 nitrogen and oxygen atoms in total. The first-order valence-corrected chi connectivity index (χ1v) is 12.2. The minimum atomic E-state index is -3.38. The predicted octanol–water partition coefficient (Wildman–Crippen LogP) is 2.70. The molecular weight excluding hydrogens is 444 g/mol. The van der Waals surface area contributed by atoms with Crippen molar-refractivity contribution in [1.82, 2.24) is 14.9 Å². The van der Waals surface area contributed by atoms with Crippen molar-refractivity contribution in [3.63, 3.8) is 0 Å². The molecule has 0 atom stereocenters. The summed E-state index contributed by atoms with van der Waals surface area (Å²) in [7, 11) is -3.38. The number of sulfone groups is 1. The third-order valence-corrected chi connectivity index (χ3v) is 7.68. The van der Waals surface area contributed by atoms with Crippen LogP contribution in [0.1, 0.15) is 18.4 Å². The van der Waals surface area contributed by atoms with Crippen LogP contribution in [0.15, 0.2) is 35.5 Å². The van der Waals surface area contributed by atoms with Crippen LogP contribution in [0.2, 0.25) is 0 Å². The van der Waals surface area contributed by atoms with Crippen molar-refractivity contribution in [2.75, 3.05) is 36.2 Å². The van der Waals surface area contributed by atoms with Crippen molar-refractivity contribution >= 4 is 39.0 Å². The summed E-state index contributed by atoms with van der Waals surface area (Å²) in [5.41, 5.74) is 1.85. The highest BCUT2D eigenvalue weighted by Crippen LogP contribution is 2.36. The average molecular weight is 467 g/mol. The van der Waals surface area contributed by atoms with Crippen LogP contribution in [0.25, 0.3) is 0 Å². The molecule has 0 aliphatic carbocycles. The van der Waals surface area contributed by atoms with Gasteiger partial charge in [-0.15, -0.1) is 11.6 Å². The highest BCUT2D eigenvalue weighted by Gasteiger charge is 2.26. The van der Waals surface area contributed by atoms with Gasteiger partial charge < -0.3 is 19.6 Å². The number of alkyl halides is 1. The number of likely N-dealkylation sites (tertiary alicyclic amines) is 1. The van der Waals surface area contributed by atoms with E-state index in [1.165, 1.54) is 11.2 Å². The van der Waals surface area contributed by atoms with Crippen LogP contribution in [-0.4, -0.2) is 71.9 Å². The van der Waals surface area contributed by atoms with Crippen LogP contribution < -0.4 is 9.64 Å². The Hall–Kier alpha value is -2.59. The maximum Gasteiger partial charge on any atom is 0.407 e. The molecule has 166 valence electrons. The van der Waals surface area contributed by atoms with E-state index in [-0.39, 0.29) is 22.6 Å². The topological polar surface area (TPSA) is 113 Å². The number of carbonyl (C=O) groups is 1. The monoisotopic (exact) mass is 466 g/mol. The molecule has 1 saturated heterocycles. The maximum atomic E-state index is 12.3. The molecule has 0 unspecified atom stereocenters. The minimum absolute atomic E-state index is 0.0601. The number of benzene rings is 1. The van der Waals surface area contributed by atoms with Crippen molar-refractivity contribution in [2.45, 2.75) is 30.3 Å². The lowest BCUT2D eigenvalue weighted by atomic mass is 10.1. The summed E-state index contributed by atoms with van der Waals surface area (Å²) in [5.74, 6) is 1.08. The molecule has 1 aromatic carbocycles. The second kappa shape index (κ2) is 8.88. The molecule has 1 fully saturated rings. The Morgan fingerprint density at radius 3 is 2.68 bits per heavy atom. The van der Waals surface area contributed by atoms with Crippen molar-refractivity contribution in [2.24, 2.45) is 0 Å². The zero-order valence-corrected chi connectivity index (χ0v) is 18.3. The summed E-state index contributed by atoms with van der Waals surface area (Å²) in [6, 6.07) is 6.88. The van der Waals surface area contributed by atoms with E-state index in [0.29, 0.717) is 50.6 Å². The molecule has 11 heteroatoms. The largest absolute Gasteiger partial charge is 0.474 e. The summed E-state index contributed by atoms with van der Waals surface area (Å²) in [4.78, 5) is 23.3. The first-order valence-electron chi connectivity index (χ1n) is 10.0. The van der Waals surface area contributed by atoms with Crippen LogP contribution in [0.3, 0.4) is 0 Å². The van der Waals surface area contributed by atoms with Gasteiger partial charge in [0.05, 0.1) is 10.6 Å². The molecule has 0 spiro atoms. The van der Waals surface area contributed by atoms with E-state index < -0.39 is 15.9 Å². The van der Waals surface area contributed by atoms with Crippen LogP contribution in [0.4, 0.5) is 16.3 Å². The van der Waals surface area contributed by atoms with Gasteiger partial charge in [0.25, 0.3) is 0 Å². The smallest absolute Gasteiger partial charge is 0.407 e. The average Bonchev–Trinajstić information content (AvgIpc) is 3.18. The van der Waals surface area contributed by atoms with Gasteiger partial charge in [0.15, 0.2) is 9.84 Å². The Kier molecular flexibility index (Phi) is 6.19. The number of hydrogen-bond donors (Lipinski definition) is 1. The molecule has 1 N–H and O–H groups in total. The molecule has 0 saturated carbocycles. The summed E-state index contributed by atoms with van der Waals surface area (Å²) < 4.78 is 30.6. The van der Waals surface area contributed by atoms with E-state index in [4.69, 9.17) is 21.4 Å². The SMILES string of the molecule is O=C(O)N1CCC(Oc2cc(N3CCc4cc(S(=O)(=O)CCCl)ccc43)ncn2)CC1. The van der Waals surface area contributed by atoms with Crippen LogP contribution in [0, 0.1) is 0 Å². The van der Waals surface area contributed by atoms with E-state index in [1.807, 2.05) is 4.90 Å². The van der Waals surface area contributed by atoms with Gasteiger partial charge in [0.2, 0.25) is 5.88 Å². The molecule has 1 aromatic heterocycles. The van der Waals surface area contributed by atoms with Gasteiger partial charge in [0.1, 0.15) is 18.2 Å². The zero-order valence-electron chi connectivity index (χ0n) is 16.8. The van der Waals surface area contributed by atoms with E-state index >= 15 is 0 Å². The van der Waals surface area contributed by atoms with Gasteiger partial charge in [-0.05, 0) is 30.2 Å². The van der Waals surface area contributed by atoms with Crippen molar-refractivity contribution in [1.29, 1.82) is 0 Å². The van der Waals surface area contributed by atoms with Gasteiger partial charge in [-0.25, -0.2) is 23.2 Å². The number of amides is 1. The lowest BCUT2D eigenvalue weighted by Crippen LogP contribution is -2.41. The minimum Gasteiger partial charge on any atom is -0.474 e. The number of hydrogen-bond acceptors (Lipinski definition) is 7. The van der Waals surface area contributed by atoms with Crippen molar-refractivity contribution in [3.8, 4) is 5.88 Å². The summed E-state index contributed by atoms with van der Waals surface area (Å²) in [6.45, 7) is 1.54. The van der Waals surface area contributed by atoms with Gasteiger partial charge >= 0.3 is 6.09 Å². The first-order chi connectivity index (χ1) is 14.9. The Labute approximate surface area is 185 Å². The lowest BCUT2D eigenvalue weighted by molar-refractivity contribution is 0.0870. The van der Waals surface area contributed by atoms with Crippen LogP contribution in [-0.2, 0) is 16.3 Å². The Balaban J connectivity index is 1.48. The van der Waals surface area contributed by atoms with Crippen LogP contribution >= 0.6 is 11.6 Å². The first kappa shape index (κ1) is 21.6. The molecular formula is C20H23ClN4O5S. The Morgan fingerprint density at radius 2 is 1.97 bits per heavy atom. The third-order valence-electron chi connectivity index (χ3n) is 5.56. The highest BCUT2D eigenvalue weighted by molar-refractivity contribution is 7.91. The number of piperidine rings is 1. The van der Waals surface area contributed by atoms with E-state index in [9.17, 15) is 13.2 Å². The lowest BCUT2D eigenvalue weighted by Gasteiger charge is -2.30. The van der Waals surface area contributed by atoms with E-state index in [1.54, 1.807) is 24.3 Å². The molecule has 1 amide bonds. The zero-order chi connectivity index (χ0) is 22.0. The number of carboxylic acid groups (broad SMARTS) is 1. The second-order valence-electron chi connectivity index (χ2n) is 7.50. The van der Waals surface area contributed by atoms with Crippen molar-refractivity contribution < 1.29 is 23.1 Å². The standard InChI is InChI=1S/C20H23ClN4O5S/c21-6-10-31(28,29)16-1-2-17-14(11-16)3-9-25(17)18-12-19(23-13-22-18)30-15-4-7-24(8-5-15)20(26)27/h1-2,11-13,15H,3-10H2,(H,26,27). The third kappa shape index (κ3) is 4.69. The summed E-state index contributed by atoms with van der Waals surface area (Å²) in [6.07, 6.45) is 2.35. The molecule has 3 heterocycles.